The molecule has 0 bridgehead atoms. The molecule has 7 heteroatoms. The molecular formula is C27H28N4O3. The zero-order valence-electron chi connectivity index (χ0n) is 19.4. The molecule has 0 fully saturated rings. The van der Waals surface area contributed by atoms with Crippen LogP contribution in [-0.2, 0) is 16.1 Å². The predicted octanol–water partition coefficient (Wildman–Crippen LogP) is 4.61. The molecule has 0 spiro atoms. The van der Waals surface area contributed by atoms with Crippen molar-refractivity contribution >= 4 is 23.1 Å². The average molecular weight is 457 g/mol. The molecule has 0 saturated carbocycles. The molecule has 2 aliphatic rings. The number of benzene rings is 1. The summed E-state index contributed by atoms with van der Waals surface area (Å²) in [6, 6.07) is 14.8. The molecule has 1 atom stereocenters. The normalized spacial score (nSPS) is 19.1. The van der Waals surface area contributed by atoms with Crippen LogP contribution in [0.15, 0.2) is 82.9 Å². The van der Waals surface area contributed by atoms with Crippen molar-refractivity contribution in [2.75, 3.05) is 16.8 Å². The Morgan fingerprint density at radius 3 is 2.79 bits per heavy atom. The average Bonchev–Trinajstić information content (AvgIpc) is 3.30. The minimum absolute atomic E-state index is 0.0672. The maximum atomic E-state index is 13.5. The fourth-order valence-electron chi connectivity index (χ4n) is 4.88. The van der Waals surface area contributed by atoms with Gasteiger partial charge in [0, 0.05) is 36.6 Å². The molecule has 3 heterocycles. The number of pyridine rings is 1. The highest BCUT2D eigenvalue weighted by Gasteiger charge is 2.42. The molecule has 7 nitrogen and oxygen atoms in total. The molecule has 1 unspecified atom stereocenters. The van der Waals surface area contributed by atoms with Crippen LogP contribution in [-0.4, -0.2) is 23.2 Å². The number of aromatic nitrogens is 1. The number of amides is 1. The number of para-hydroxylation sites is 2. The molecule has 1 aliphatic carbocycles. The first-order valence-corrected chi connectivity index (χ1v) is 11.5. The van der Waals surface area contributed by atoms with Crippen LogP contribution in [0.2, 0.25) is 0 Å². The van der Waals surface area contributed by atoms with Crippen molar-refractivity contribution in [2.45, 2.75) is 39.3 Å². The van der Waals surface area contributed by atoms with Crippen LogP contribution in [0.5, 0.6) is 0 Å². The number of furan rings is 1. The van der Waals surface area contributed by atoms with E-state index in [0.29, 0.717) is 24.3 Å². The first-order chi connectivity index (χ1) is 16.4. The van der Waals surface area contributed by atoms with Crippen LogP contribution >= 0.6 is 0 Å². The van der Waals surface area contributed by atoms with Gasteiger partial charge in [-0.05, 0) is 47.7 Å². The lowest BCUT2D eigenvalue weighted by atomic mass is 9.74. The smallest absolute Gasteiger partial charge is 0.239 e. The molecule has 34 heavy (non-hydrogen) atoms. The zero-order chi connectivity index (χ0) is 23.7. The Bertz CT molecular complexity index is 1230. The fourth-order valence-corrected chi connectivity index (χ4v) is 4.88. The molecule has 1 amide bonds. The van der Waals surface area contributed by atoms with Crippen LogP contribution in [0, 0.1) is 5.41 Å². The first-order valence-electron chi connectivity index (χ1n) is 11.5. The van der Waals surface area contributed by atoms with Gasteiger partial charge < -0.3 is 20.0 Å². The Morgan fingerprint density at radius 2 is 2.03 bits per heavy atom. The van der Waals surface area contributed by atoms with E-state index in [4.69, 9.17) is 4.42 Å². The van der Waals surface area contributed by atoms with Crippen molar-refractivity contribution < 1.29 is 14.0 Å². The van der Waals surface area contributed by atoms with E-state index in [0.717, 1.165) is 29.1 Å². The van der Waals surface area contributed by atoms with Crippen molar-refractivity contribution in [3.05, 3.63) is 89.8 Å². The summed E-state index contributed by atoms with van der Waals surface area (Å²) < 4.78 is 5.84. The molecule has 0 radical (unpaired) electrons. The van der Waals surface area contributed by atoms with Crippen LogP contribution in [0.1, 0.15) is 44.1 Å². The number of allylic oxidation sites excluding steroid dienone is 1. The second-order valence-corrected chi connectivity index (χ2v) is 9.66. The van der Waals surface area contributed by atoms with Crippen molar-refractivity contribution in [1.29, 1.82) is 0 Å². The molecule has 3 aromatic rings. The van der Waals surface area contributed by atoms with E-state index in [1.165, 1.54) is 0 Å². The number of ketones is 1. The highest BCUT2D eigenvalue weighted by Crippen LogP contribution is 2.48. The Kier molecular flexibility index (Phi) is 5.69. The van der Waals surface area contributed by atoms with Gasteiger partial charge in [0.25, 0.3) is 0 Å². The van der Waals surface area contributed by atoms with Gasteiger partial charge in [-0.1, -0.05) is 32.0 Å². The molecule has 174 valence electrons. The van der Waals surface area contributed by atoms with Crippen molar-refractivity contribution in [3.63, 3.8) is 0 Å². The van der Waals surface area contributed by atoms with Crippen LogP contribution in [0.4, 0.5) is 11.4 Å². The molecule has 1 aromatic carbocycles. The number of nitrogens with one attached hydrogen (secondary N) is 2. The number of rotatable bonds is 5. The summed E-state index contributed by atoms with van der Waals surface area (Å²) in [7, 11) is 0. The second kappa shape index (κ2) is 8.82. The van der Waals surface area contributed by atoms with Gasteiger partial charge in [-0.15, -0.1) is 0 Å². The molecule has 5 rings (SSSR count). The predicted molar refractivity (Wildman–Crippen MR) is 130 cm³/mol. The summed E-state index contributed by atoms with van der Waals surface area (Å²) >= 11 is 0. The minimum atomic E-state index is -0.506. The maximum absolute atomic E-state index is 13.5. The molecule has 0 saturated heterocycles. The Labute approximate surface area is 198 Å². The van der Waals surface area contributed by atoms with Crippen LogP contribution in [0.3, 0.4) is 0 Å². The number of nitrogens with zero attached hydrogens (tertiary/aromatic N) is 2. The van der Waals surface area contributed by atoms with E-state index in [-0.39, 0.29) is 23.7 Å². The first kappa shape index (κ1) is 21.9. The van der Waals surface area contributed by atoms with Gasteiger partial charge in [-0.3, -0.25) is 14.6 Å². The van der Waals surface area contributed by atoms with Gasteiger partial charge in [-0.2, -0.15) is 0 Å². The summed E-state index contributed by atoms with van der Waals surface area (Å²) in [4.78, 5) is 32.7. The quantitative estimate of drug-likeness (QED) is 0.583. The van der Waals surface area contributed by atoms with Gasteiger partial charge in [0.1, 0.15) is 11.8 Å². The van der Waals surface area contributed by atoms with Crippen molar-refractivity contribution in [2.24, 2.45) is 5.41 Å². The number of hydrogen-bond donors (Lipinski definition) is 2. The van der Waals surface area contributed by atoms with Gasteiger partial charge in [0.05, 0.1) is 24.2 Å². The minimum Gasteiger partial charge on any atom is -0.467 e. The van der Waals surface area contributed by atoms with E-state index >= 15 is 0 Å². The summed E-state index contributed by atoms with van der Waals surface area (Å²) in [5.41, 5.74) is 4.06. The summed E-state index contributed by atoms with van der Waals surface area (Å²) in [5.74, 6) is 0.565. The Balaban J connectivity index is 1.55. The molecule has 2 aromatic heterocycles. The van der Waals surface area contributed by atoms with Gasteiger partial charge in [0.2, 0.25) is 5.91 Å². The largest absolute Gasteiger partial charge is 0.467 e. The van der Waals surface area contributed by atoms with Gasteiger partial charge >= 0.3 is 0 Å². The van der Waals surface area contributed by atoms with Crippen LogP contribution in [0.25, 0.3) is 0 Å². The summed E-state index contributed by atoms with van der Waals surface area (Å²) in [6.07, 6.45) is 6.23. The van der Waals surface area contributed by atoms with E-state index in [1.807, 2.05) is 53.4 Å². The molecular weight excluding hydrogens is 428 g/mol. The number of anilines is 2. The lowest BCUT2D eigenvalue weighted by molar-refractivity contribution is -0.121. The zero-order valence-corrected chi connectivity index (χ0v) is 19.4. The lowest BCUT2D eigenvalue weighted by Gasteiger charge is -2.36. The summed E-state index contributed by atoms with van der Waals surface area (Å²) in [5, 5.41) is 6.52. The third-order valence-corrected chi connectivity index (χ3v) is 6.34. The number of fused-ring (bicyclic) bond motifs is 1. The number of carbonyl (C=O) groups excluding carboxylic acids is 2. The Morgan fingerprint density at radius 1 is 1.18 bits per heavy atom. The third kappa shape index (κ3) is 4.33. The SMILES string of the molecule is CC1(C)CC(=O)C2=C(C1)Nc1ccccc1N(CC(=O)NCc1cccnc1)C2c1ccco1. The number of carbonyl (C=O) groups is 2. The standard InChI is InChI=1S/C27H28N4O3/c1-27(2)13-20-25(22(32)14-27)26(23-10-6-12-34-23)31(21-9-4-3-8-19(21)30-20)17-24(33)29-16-18-7-5-11-28-15-18/h3-12,15,26,30H,13-14,16-17H2,1-2H3,(H,29,33). The van der Waals surface area contributed by atoms with E-state index in [9.17, 15) is 9.59 Å². The monoisotopic (exact) mass is 456 g/mol. The summed E-state index contributed by atoms with van der Waals surface area (Å²) in [6.45, 7) is 4.67. The van der Waals surface area contributed by atoms with E-state index in [2.05, 4.69) is 29.5 Å². The third-order valence-electron chi connectivity index (χ3n) is 6.34. The van der Waals surface area contributed by atoms with Gasteiger partial charge in [0.15, 0.2) is 5.78 Å². The maximum Gasteiger partial charge on any atom is 0.239 e. The van der Waals surface area contributed by atoms with Crippen molar-refractivity contribution in [3.8, 4) is 0 Å². The fraction of sp³-hybridized carbons (Fsp3) is 0.296. The Hall–Kier alpha value is -3.87. The molecule has 1 aliphatic heterocycles. The highest BCUT2D eigenvalue weighted by molar-refractivity contribution is 6.01. The topological polar surface area (TPSA) is 87.5 Å². The van der Waals surface area contributed by atoms with E-state index in [1.54, 1.807) is 18.7 Å². The van der Waals surface area contributed by atoms with Crippen molar-refractivity contribution in [1.82, 2.24) is 10.3 Å². The van der Waals surface area contributed by atoms with Crippen LogP contribution < -0.4 is 15.5 Å². The van der Waals surface area contributed by atoms with Gasteiger partial charge in [-0.25, -0.2) is 0 Å². The lowest BCUT2D eigenvalue weighted by Crippen LogP contribution is -2.41. The highest BCUT2D eigenvalue weighted by atomic mass is 16.3. The van der Waals surface area contributed by atoms with E-state index < -0.39 is 6.04 Å². The number of Topliss-reactive ketones (excluding diaryl/α,β-unsaturated/α-hetero) is 1. The molecule has 2 N–H and O–H groups in total. The second-order valence-electron chi connectivity index (χ2n) is 9.66. The number of hydrogen-bond acceptors (Lipinski definition) is 6.